The van der Waals surface area contributed by atoms with Gasteiger partial charge in [0.05, 0.1) is 0 Å². The van der Waals surface area contributed by atoms with Crippen LogP contribution in [0.1, 0.15) is 33.1 Å². The van der Waals surface area contributed by atoms with Crippen LogP contribution in [0.15, 0.2) is 0 Å². The first kappa shape index (κ1) is 9.47. The summed E-state index contributed by atoms with van der Waals surface area (Å²) < 4.78 is 0. The van der Waals surface area contributed by atoms with Gasteiger partial charge in [0, 0.05) is 18.1 Å². The second-order valence-corrected chi connectivity index (χ2v) is 5.32. The van der Waals surface area contributed by atoms with Crippen LogP contribution in [0.2, 0.25) is 0 Å². The lowest BCUT2D eigenvalue weighted by molar-refractivity contribution is 0.294. The molecule has 13 heavy (non-hydrogen) atoms. The summed E-state index contributed by atoms with van der Waals surface area (Å²) in [5.74, 6) is 0.975. The van der Waals surface area contributed by atoms with Crippen molar-refractivity contribution < 1.29 is 0 Å². The molecule has 0 bridgehead atoms. The number of hydrogen-bond acceptors (Lipinski definition) is 2. The van der Waals surface area contributed by atoms with Crippen molar-refractivity contribution in [2.75, 3.05) is 20.1 Å². The van der Waals surface area contributed by atoms with Crippen molar-refractivity contribution in [2.24, 2.45) is 5.92 Å². The summed E-state index contributed by atoms with van der Waals surface area (Å²) in [6.07, 6.45) is 4.20. The predicted octanol–water partition coefficient (Wildman–Crippen LogP) is 1.47. The van der Waals surface area contributed by atoms with E-state index in [0.717, 1.165) is 12.0 Å². The molecule has 2 atom stereocenters. The molecular formula is C11H22N2. The third-order valence-electron chi connectivity index (χ3n) is 3.57. The van der Waals surface area contributed by atoms with Crippen molar-refractivity contribution >= 4 is 0 Å². The molecule has 1 saturated carbocycles. The van der Waals surface area contributed by atoms with Crippen LogP contribution in [-0.4, -0.2) is 36.6 Å². The largest absolute Gasteiger partial charge is 0.307 e. The monoisotopic (exact) mass is 182 g/mol. The van der Waals surface area contributed by atoms with E-state index in [9.17, 15) is 0 Å². The van der Waals surface area contributed by atoms with E-state index in [1.807, 2.05) is 0 Å². The van der Waals surface area contributed by atoms with Crippen LogP contribution in [0.5, 0.6) is 0 Å². The highest BCUT2D eigenvalue weighted by Gasteiger charge is 2.36. The van der Waals surface area contributed by atoms with Gasteiger partial charge in [-0.15, -0.1) is 0 Å². The van der Waals surface area contributed by atoms with Gasteiger partial charge in [0.25, 0.3) is 0 Å². The standard InChI is InChI=1S/C11H22N2/c1-9(10-4-5-10)12-11(2)6-7-13(3)8-11/h9-10,12H,4-8H2,1-3H3/t9?,11-/m1/s1. The first-order chi connectivity index (χ1) is 6.09. The molecule has 2 heteroatoms. The maximum atomic E-state index is 3.81. The molecule has 2 nitrogen and oxygen atoms in total. The predicted molar refractivity (Wildman–Crippen MR) is 55.8 cm³/mol. The Hall–Kier alpha value is -0.0800. The fraction of sp³-hybridized carbons (Fsp3) is 1.00. The minimum atomic E-state index is 0.386. The summed E-state index contributed by atoms with van der Waals surface area (Å²) in [5.41, 5.74) is 0.386. The Labute approximate surface area is 81.7 Å². The minimum absolute atomic E-state index is 0.386. The lowest BCUT2D eigenvalue weighted by Gasteiger charge is -2.29. The van der Waals surface area contributed by atoms with Crippen molar-refractivity contribution in [1.29, 1.82) is 0 Å². The molecule has 76 valence electrons. The van der Waals surface area contributed by atoms with Crippen LogP contribution in [0.4, 0.5) is 0 Å². The number of hydrogen-bond donors (Lipinski definition) is 1. The molecule has 0 spiro atoms. The normalized spacial score (nSPS) is 38.1. The molecule has 1 heterocycles. The van der Waals surface area contributed by atoms with Gasteiger partial charge in [0.1, 0.15) is 0 Å². The van der Waals surface area contributed by atoms with Crippen LogP contribution in [0.3, 0.4) is 0 Å². The zero-order chi connectivity index (χ0) is 9.47. The fourth-order valence-electron chi connectivity index (χ4n) is 2.57. The third-order valence-corrected chi connectivity index (χ3v) is 3.57. The number of nitrogens with one attached hydrogen (secondary N) is 1. The van der Waals surface area contributed by atoms with Gasteiger partial charge < -0.3 is 10.2 Å². The van der Waals surface area contributed by atoms with Gasteiger partial charge in [0.2, 0.25) is 0 Å². The highest BCUT2D eigenvalue weighted by Crippen LogP contribution is 2.34. The van der Waals surface area contributed by atoms with Gasteiger partial charge in [-0.2, -0.15) is 0 Å². The second kappa shape index (κ2) is 3.25. The van der Waals surface area contributed by atoms with E-state index in [1.165, 1.54) is 32.4 Å². The Kier molecular flexibility index (Phi) is 2.37. The number of nitrogens with zero attached hydrogens (tertiary/aromatic N) is 1. The zero-order valence-electron chi connectivity index (χ0n) is 9.14. The number of rotatable bonds is 3. The van der Waals surface area contributed by atoms with E-state index in [4.69, 9.17) is 0 Å². The molecule has 1 aliphatic carbocycles. The summed E-state index contributed by atoms with van der Waals surface area (Å²) in [6, 6.07) is 0.733. The van der Waals surface area contributed by atoms with Gasteiger partial charge in [-0.1, -0.05) is 0 Å². The number of likely N-dealkylation sites (tertiary alicyclic amines) is 1. The second-order valence-electron chi connectivity index (χ2n) is 5.32. The summed E-state index contributed by atoms with van der Waals surface area (Å²) in [4.78, 5) is 2.42. The highest BCUT2D eigenvalue weighted by molar-refractivity contribution is 4.96. The molecule has 1 unspecified atom stereocenters. The smallest absolute Gasteiger partial charge is 0.0294 e. The molecule has 2 aliphatic rings. The molecule has 0 radical (unpaired) electrons. The van der Waals surface area contributed by atoms with E-state index >= 15 is 0 Å². The van der Waals surface area contributed by atoms with E-state index < -0.39 is 0 Å². The Morgan fingerprint density at radius 3 is 2.62 bits per heavy atom. The lowest BCUT2D eigenvalue weighted by Crippen LogP contribution is -2.49. The molecule has 0 amide bonds. The molecule has 1 N–H and O–H groups in total. The summed E-state index contributed by atoms with van der Waals surface area (Å²) in [6.45, 7) is 7.18. The van der Waals surface area contributed by atoms with Crippen molar-refractivity contribution in [3.05, 3.63) is 0 Å². The molecular weight excluding hydrogens is 160 g/mol. The fourth-order valence-corrected chi connectivity index (χ4v) is 2.57. The van der Waals surface area contributed by atoms with Gasteiger partial charge in [-0.3, -0.25) is 0 Å². The summed E-state index contributed by atoms with van der Waals surface area (Å²) >= 11 is 0. The molecule has 2 fully saturated rings. The first-order valence-electron chi connectivity index (χ1n) is 5.55. The highest BCUT2D eigenvalue weighted by atomic mass is 15.2. The van der Waals surface area contributed by atoms with Gasteiger partial charge >= 0.3 is 0 Å². The molecule has 1 saturated heterocycles. The summed E-state index contributed by atoms with van der Waals surface area (Å²) in [7, 11) is 2.22. The lowest BCUT2D eigenvalue weighted by atomic mass is 9.99. The van der Waals surface area contributed by atoms with Crippen molar-refractivity contribution in [1.82, 2.24) is 10.2 Å². The van der Waals surface area contributed by atoms with Crippen LogP contribution in [0.25, 0.3) is 0 Å². The molecule has 1 aliphatic heterocycles. The van der Waals surface area contributed by atoms with E-state index in [1.54, 1.807) is 0 Å². The SMILES string of the molecule is CC(N[C@]1(C)CCN(C)C1)C1CC1. The van der Waals surface area contributed by atoms with E-state index in [2.05, 4.69) is 31.1 Å². The maximum Gasteiger partial charge on any atom is 0.0294 e. The van der Waals surface area contributed by atoms with Gasteiger partial charge in [-0.05, 0) is 52.6 Å². The maximum absolute atomic E-state index is 3.81. The molecule has 2 rings (SSSR count). The van der Waals surface area contributed by atoms with E-state index in [0.29, 0.717) is 5.54 Å². The van der Waals surface area contributed by atoms with Gasteiger partial charge in [0.15, 0.2) is 0 Å². The average Bonchev–Trinajstić information content (AvgIpc) is 2.79. The van der Waals surface area contributed by atoms with Crippen molar-refractivity contribution in [2.45, 2.75) is 44.7 Å². The van der Waals surface area contributed by atoms with Crippen LogP contribution in [0, 0.1) is 5.92 Å². The van der Waals surface area contributed by atoms with Crippen molar-refractivity contribution in [3.8, 4) is 0 Å². The quantitative estimate of drug-likeness (QED) is 0.711. The molecule has 0 aromatic heterocycles. The average molecular weight is 182 g/mol. The number of likely N-dealkylation sites (N-methyl/N-ethyl adjacent to an activating group) is 1. The molecule has 0 aromatic rings. The molecule has 0 aromatic carbocycles. The Morgan fingerprint density at radius 1 is 1.46 bits per heavy atom. The first-order valence-corrected chi connectivity index (χ1v) is 5.55. The Bertz CT molecular complexity index is 189. The van der Waals surface area contributed by atoms with Crippen LogP contribution in [-0.2, 0) is 0 Å². The minimum Gasteiger partial charge on any atom is -0.307 e. The third kappa shape index (κ3) is 2.23. The topological polar surface area (TPSA) is 15.3 Å². The van der Waals surface area contributed by atoms with Crippen LogP contribution < -0.4 is 5.32 Å². The van der Waals surface area contributed by atoms with E-state index in [-0.39, 0.29) is 0 Å². The Morgan fingerprint density at radius 2 is 2.15 bits per heavy atom. The van der Waals surface area contributed by atoms with Gasteiger partial charge in [-0.25, -0.2) is 0 Å². The summed E-state index contributed by atoms with van der Waals surface area (Å²) in [5, 5.41) is 3.81. The zero-order valence-corrected chi connectivity index (χ0v) is 9.14. The Balaban J connectivity index is 1.85. The van der Waals surface area contributed by atoms with Crippen molar-refractivity contribution in [3.63, 3.8) is 0 Å². The van der Waals surface area contributed by atoms with Crippen LogP contribution >= 0.6 is 0 Å².